The average molecular weight is 458 g/mol. The second-order valence-electron chi connectivity index (χ2n) is 6.29. The van der Waals surface area contributed by atoms with Gasteiger partial charge >= 0.3 is 0 Å². The molecule has 4 rings (SSSR count). The molecule has 2 atom stereocenters. The molecule has 0 aliphatic carbocycles. The van der Waals surface area contributed by atoms with E-state index in [2.05, 4.69) is 115 Å². The van der Waals surface area contributed by atoms with Gasteiger partial charge in [-0.05, 0) is 53.9 Å². The van der Waals surface area contributed by atoms with Crippen LogP contribution in [0.5, 0.6) is 0 Å². The summed E-state index contributed by atoms with van der Waals surface area (Å²) in [7, 11) is 0. The maximum atomic E-state index is 3.72. The Morgan fingerprint density at radius 2 is 1.12 bits per heavy atom. The van der Waals surface area contributed by atoms with Crippen molar-refractivity contribution < 1.29 is 0 Å². The highest BCUT2D eigenvalue weighted by molar-refractivity contribution is 9.10. The van der Waals surface area contributed by atoms with Gasteiger partial charge in [-0.3, -0.25) is 0 Å². The van der Waals surface area contributed by atoms with Gasteiger partial charge in [0, 0.05) is 8.95 Å². The van der Waals surface area contributed by atoms with Crippen molar-refractivity contribution in [1.29, 1.82) is 0 Å². The molecule has 0 spiro atoms. The van der Waals surface area contributed by atoms with Crippen molar-refractivity contribution in [1.82, 2.24) is 0 Å². The molecule has 2 unspecified atom stereocenters. The molecule has 0 amide bonds. The van der Waals surface area contributed by atoms with Crippen molar-refractivity contribution in [2.45, 2.75) is 18.5 Å². The van der Waals surface area contributed by atoms with Gasteiger partial charge in [-0.25, -0.2) is 0 Å². The van der Waals surface area contributed by atoms with Crippen LogP contribution in [0.15, 0.2) is 81.7 Å². The molecule has 4 heteroatoms. The lowest BCUT2D eigenvalue weighted by molar-refractivity contribution is 0.622. The molecule has 0 saturated carbocycles. The standard InChI is InChI=1S/C21H18Br2N2/c22-16-7-3-5-14(11-16)20-13-21(15-6-4-8-17(23)12-15)25-19-10-2-1-9-18(19)24-20/h1-12,20-21,24-25H,13H2. The van der Waals surface area contributed by atoms with E-state index < -0.39 is 0 Å². The van der Waals surface area contributed by atoms with Gasteiger partial charge < -0.3 is 10.6 Å². The molecule has 0 fully saturated rings. The molecule has 0 aromatic heterocycles. The van der Waals surface area contributed by atoms with Crippen LogP contribution in [-0.2, 0) is 0 Å². The Morgan fingerprint density at radius 1 is 0.640 bits per heavy atom. The highest BCUT2D eigenvalue weighted by atomic mass is 79.9. The first-order valence-electron chi connectivity index (χ1n) is 8.32. The van der Waals surface area contributed by atoms with Crippen molar-refractivity contribution >= 4 is 43.2 Å². The third-order valence-electron chi connectivity index (χ3n) is 4.56. The van der Waals surface area contributed by atoms with Crippen LogP contribution in [0, 0.1) is 0 Å². The van der Waals surface area contributed by atoms with Gasteiger partial charge in [0.05, 0.1) is 23.5 Å². The van der Waals surface area contributed by atoms with E-state index in [1.165, 1.54) is 11.1 Å². The topological polar surface area (TPSA) is 24.1 Å². The van der Waals surface area contributed by atoms with Crippen molar-refractivity contribution in [2.75, 3.05) is 10.6 Å². The summed E-state index contributed by atoms with van der Waals surface area (Å²) >= 11 is 7.20. The molecule has 1 aliphatic rings. The van der Waals surface area contributed by atoms with E-state index in [1.807, 2.05) is 0 Å². The van der Waals surface area contributed by atoms with E-state index in [-0.39, 0.29) is 12.1 Å². The summed E-state index contributed by atoms with van der Waals surface area (Å²) in [5.41, 5.74) is 4.86. The molecule has 1 aliphatic heterocycles. The van der Waals surface area contributed by atoms with Crippen LogP contribution in [0.25, 0.3) is 0 Å². The lowest BCUT2D eigenvalue weighted by Crippen LogP contribution is -2.15. The minimum atomic E-state index is 0.234. The quantitative estimate of drug-likeness (QED) is 0.436. The van der Waals surface area contributed by atoms with E-state index in [1.54, 1.807) is 0 Å². The van der Waals surface area contributed by atoms with Crippen molar-refractivity contribution in [3.63, 3.8) is 0 Å². The summed E-state index contributed by atoms with van der Waals surface area (Å²) in [6.07, 6.45) is 0.960. The number of rotatable bonds is 2. The van der Waals surface area contributed by atoms with Gasteiger partial charge in [-0.1, -0.05) is 68.3 Å². The molecule has 0 bridgehead atoms. The molecular weight excluding hydrogens is 440 g/mol. The van der Waals surface area contributed by atoms with Gasteiger partial charge in [-0.15, -0.1) is 0 Å². The van der Waals surface area contributed by atoms with Crippen LogP contribution in [-0.4, -0.2) is 0 Å². The Balaban J connectivity index is 1.76. The Kier molecular flexibility index (Phi) is 4.82. The Morgan fingerprint density at radius 3 is 1.56 bits per heavy atom. The molecule has 25 heavy (non-hydrogen) atoms. The molecule has 1 heterocycles. The molecule has 2 nitrogen and oxygen atoms in total. The number of para-hydroxylation sites is 2. The monoisotopic (exact) mass is 456 g/mol. The number of benzene rings is 3. The number of nitrogens with one attached hydrogen (secondary N) is 2. The SMILES string of the molecule is Brc1cccc(C2CC(c3cccc(Br)c3)Nc3ccccc3N2)c1. The minimum absolute atomic E-state index is 0.234. The van der Waals surface area contributed by atoms with Crippen LogP contribution < -0.4 is 10.6 Å². The summed E-state index contributed by atoms with van der Waals surface area (Å²) in [6.45, 7) is 0. The van der Waals surface area contributed by atoms with Gasteiger partial charge in [-0.2, -0.15) is 0 Å². The van der Waals surface area contributed by atoms with E-state index in [0.29, 0.717) is 0 Å². The second-order valence-corrected chi connectivity index (χ2v) is 8.12. The van der Waals surface area contributed by atoms with Crippen LogP contribution in [0.3, 0.4) is 0 Å². The van der Waals surface area contributed by atoms with Crippen LogP contribution >= 0.6 is 31.9 Å². The molecule has 0 saturated heterocycles. The fraction of sp³-hybridized carbons (Fsp3) is 0.143. The summed E-state index contributed by atoms with van der Waals surface area (Å²) < 4.78 is 2.22. The van der Waals surface area contributed by atoms with E-state index in [0.717, 1.165) is 26.7 Å². The summed E-state index contributed by atoms with van der Waals surface area (Å²) in [5, 5.41) is 7.44. The lowest BCUT2D eigenvalue weighted by Gasteiger charge is -2.23. The first-order valence-corrected chi connectivity index (χ1v) is 9.91. The fourth-order valence-corrected chi connectivity index (χ4v) is 4.18. The molecule has 3 aromatic carbocycles. The van der Waals surface area contributed by atoms with Gasteiger partial charge in [0.15, 0.2) is 0 Å². The third-order valence-corrected chi connectivity index (χ3v) is 5.55. The van der Waals surface area contributed by atoms with Gasteiger partial charge in [0.1, 0.15) is 0 Å². The normalized spacial score (nSPS) is 19.3. The first-order chi connectivity index (χ1) is 12.2. The largest absolute Gasteiger partial charge is 0.376 e. The summed E-state index contributed by atoms with van der Waals surface area (Å²) in [4.78, 5) is 0. The van der Waals surface area contributed by atoms with Gasteiger partial charge in [0.2, 0.25) is 0 Å². The predicted octanol–water partition coefficient (Wildman–Crippen LogP) is 6.92. The minimum Gasteiger partial charge on any atom is -0.376 e. The molecule has 3 aromatic rings. The van der Waals surface area contributed by atoms with E-state index in [9.17, 15) is 0 Å². The highest BCUT2D eigenvalue weighted by Gasteiger charge is 2.25. The molecular formula is C21H18Br2N2. The first kappa shape index (κ1) is 16.7. The Labute approximate surface area is 164 Å². The smallest absolute Gasteiger partial charge is 0.0580 e. The average Bonchev–Trinajstić information content (AvgIpc) is 2.81. The number of halogens is 2. The van der Waals surface area contributed by atoms with Crippen LogP contribution in [0.2, 0.25) is 0 Å². The molecule has 0 radical (unpaired) electrons. The van der Waals surface area contributed by atoms with Crippen LogP contribution in [0.1, 0.15) is 29.6 Å². The number of hydrogen-bond donors (Lipinski definition) is 2. The number of anilines is 2. The lowest BCUT2D eigenvalue weighted by atomic mass is 9.95. The van der Waals surface area contributed by atoms with Crippen molar-refractivity contribution in [3.8, 4) is 0 Å². The van der Waals surface area contributed by atoms with Crippen molar-refractivity contribution in [3.05, 3.63) is 92.9 Å². The van der Waals surface area contributed by atoms with E-state index >= 15 is 0 Å². The Bertz CT molecular complexity index is 822. The van der Waals surface area contributed by atoms with Crippen LogP contribution in [0.4, 0.5) is 11.4 Å². The zero-order chi connectivity index (χ0) is 17.2. The Hall–Kier alpha value is -1.78. The molecule has 2 N–H and O–H groups in total. The fourth-order valence-electron chi connectivity index (χ4n) is 3.35. The number of fused-ring (bicyclic) bond motifs is 1. The molecule has 126 valence electrons. The predicted molar refractivity (Wildman–Crippen MR) is 112 cm³/mol. The summed E-state index contributed by atoms with van der Waals surface area (Å²) in [6, 6.07) is 26.0. The maximum Gasteiger partial charge on any atom is 0.0580 e. The zero-order valence-corrected chi connectivity index (χ0v) is 16.7. The van der Waals surface area contributed by atoms with Crippen molar-refractivity contribution in [2.24, 2.45) is 0 Å². The highest BCUT2D eigenvalue weighted by Crippen LogP contribution is 2.39. The maximum absolute atomic E-state index is 3.72. The second kappa shape index (κ2) is 7.22. The van der Waals surface area contributed by atoms with E-state index in [4.69, 9.17) is 0 Å². The number of hydrogen-bond acceptors (Lipinski definition) is 2. The zero-order valence-electron chi connectivity index (χ0n) is 13.5. The van der Waals surface area contributed by atoms with Gasteiger partial charge in [0.25, 0.3) is 0 Å². The summed E-state index contributed by atoms with van der Waals surface area (Å²) in [5.74, 6) is 0. The third kappa shape index (κ3) is 3.75.